The number of hydrogen-bond acceptors (Lipinski definition) is 3. The quantitative estimate of drug-likeness (QED) is 0.497. The molecule has 0 N–H and O–H groups in total. The number of aryl methyl sites for hydroxylation is 1. The monoisotopic (exact) mass is 387 g/mol. The maximum absolute atomic E-state index is 5.02. The Kier molecular flexibility index (Phi) is 5.38. The lowest BCUT2D eigenvalue weighted by Gasteiger charge is -2.20. The Morgan fingerprint density at radius 3 is 0.828 bits per heavy atom. The van der Waals surface area contributed by atoms with Crippen LogP contribution in [-0.2, 0) is 0 Å². The first kappa shape index (κ1) is 21.2. The Morgan fingerprint density at radius 1 is 0.310 bits per heavy atom. The minimum Gasteiger partial charge on any atom is -0.213 e. The van der Waals surface area contributed by atoms with E-state index in [2.05, 4.69) is 69.2 Å². The maximum Gasteiger partial charge on any atom is 0.164 e. The summed E-state index contributed by atoms with van der Waals surface area (Å²) in [6.45, 7) is 23.8. The van der Waals surface area contributed by atoms with Crippen LogP contribution in [0.1, 0.15) is 61.5 Å². The molecule has 3 rings (SSSR count). The van der Waals surface area contributed by atoms with E-state index in [1.54, 1.807) is 0 Å². The predicted octanol–water partition coefficient (Wildman–Crippen LogP) is 6.60. The molecule has 0 saturated carbocycles. The van der Waals surface area contributed by atoms with Gasteiger partial charge in [0.25, 0.3) is 0 Å². The number of hydrogen-bond donors (Lipinski definition) is 0. The average molecular weight is 388 g/mol. The molecule has 1 heterocycles. The summed E-state index contributed by atoms with van der Waals surface area (Å²) in [6.07, 6.45) is 0. The van der Waals surface area contributed by atoms with Crippen LogP contribution in [0.4, 0.5) is 0 Å². The van der Waals surface area contributed by atoms with Gasteiger partial charge < -0.3 is 0 Å². The summed E-state index contributed by atoms with van der Waals surface area (Å²) >= 11 is 0. The molecule has 0 bridgehead atoms. The third-order valence-electron chi connectivity index (χ3n) is 7.19. The van der Waals surface area contributed by atoms with Crippen LogP contribution in [0.3, 0.4) is 0 Å². The van der Waals surface area contributed by atoms with Crippen LogP contribution in [0.15, 0.2) is 0 Å². The van der Waals surface area contributed by atoms with Gasteiger partial charge >= 0.3 is 0 Å². The fourth-order valence-corrected chi connectivity index (χ4v) is 4.38. The molecule has 0 aliphatic heterocycles. The van der Waals surface area contributed by atoms with Gasteiger partial charge in [0.15, 0.2) is 11.6 Å². The molecule has 0 aliphatic carbocycles. The Balaban J connectivity index is 2.37. The SMILES string of the molecule is Cc1nc(-c2c(C)c(C)c(C)c(C)c2C)nc(-c2c(C)c(C)c(C)c(C)c2C)n1. The molecule has 0 fully saturated rings. The van der Waals surface area contributed by atoms with Gasteiger partial charge in [0.05, 0.1) is 0 Å². The third-order valence-corrected chi connectivity index (χ3v) is 7.19. The van der Waals surface area contributed by atoms with E-state index in [0.29, 0.717) is 0 Å². The van der Waals surface area contributed by atoms with Crippen molar-refractivity contribution in [1.29, 1.82) is 0 Å². The first-order valence-corrected chi connectivity index (χ1v) is 10.3. The third kappa shape index (κ3) is 3.27. The highest BCUT2D eigenvalue weighted by Gasteiger charge is 2.20. The summed E-state index contributed by atoms with van der Waals surface area (Å²) in [5.74, 6) is 2.32. The maximum atomic E-state index is 5.02. The van der Waals surface area contributed by atoms with E-state index < -0.39 is 0 Å². The van der Waals surface area contributed by atoms with Crippen molar-refractivity contribution >= 4 is 0 Å². The second kappa shape index (κ2) is 7.37. The van der Waals surface area contributed by atoms with E-state index in [9.17, 15) is 0 Å². The van der Waals surface area contributed by atoms with Crippen molar-refractivity contribution in [2.45, 2.75) is 76.2 Å². The molecule has 0 radical (unpaired) electrons. The average Bonchev–Trinajstić information content (AvgIpc) is 2.67. The largest absolute Gasteiger partial charge is 0.213 e. The Hall–Kier alpha value is -2.55. The molecule has 152 valence electrons. The Morgan fingerprint density at radius 2 is 0.552 bits per heavy atom. The van der Waals surface area contributed by atoms with Crippen molar-refractivity contribution < 1.29 is 0 Å². The van der Waals surface area contributed by atoms with Crippen molar-refractivity contribution in [1.82, 2.24) is 15.0 Å². The molecule has 0 unspecified atom stereocenters. The van der Waals surface area contributed by atoms with Crippen molar-refractivity contribution in [2.24, 2.45) is 0 Å². The molecule has 0 atom stereocenters. The molecule has 2 aromatic carbocycles. The second-order valence-corrected chi connectivity index (χ2v) is 8.53. The number of aromatic nitrogens is 3. The molecule has 1 aromatic heterocycles. The molecule has 0 saturated heterocycles. The molecule has 0 amide bonds. The van der Waals surface area contributed by atoms with Gasteiger partial charge in [-0.1, -0.05) is 0 Å². The van der Waals surface area contributed by atoms with Gasteiger partial charge in [-0.15, -0.1) is 0 Å². The zero-order valence-electron chi connectivity index (χ0n) is 19.8. The zero-order valence-corrected chi connectivity index (χ0v) is 19.8. The lowest BCUT2D eigenvalue weighted by Crippen LogP contribution is -2.07. The normalized spacial score (nSPS) is 11.3. The van der Waals surface area contributed by atoms with Gasteiger partial charge in [-0.3, -0.25) is 0 Å². The molecular formula is C26H33N3. The standard InChI is InChI=1S/C26H33N3/c1-12-14(3)18(7)23(19(8)15(12)4)25-27-22(11)28-26(29-25)24-20(9)16(5)13(2)17(6)21(24)10/h1-11H3. The van der Waals surface area contributed by atoms with E-state index in [-0.39, 0.29) is 0 Å². The molecule has 0 spiro atoms. The molecule has 3 heteroatoms. The van der Waals surface area contributed by atoms with Crippen molar-refractivity contribution in [3.63, 3.8) is 0 Å². The van der Waals surface area contributed by atoms with Crippen LogP contribution < -0.4 is 0 Å². The summed E-state index contributed by atoms with van der Waals surface area (Å²) in [6, 6.07) is 0. The van der Waals surface area contributed by atoms with E-state index in [1.165, 1.54) is 55.6 Å². The first-order chi connectivity index (χ1) is 13.5. The van der Waals surface area contributed by atoms with E-state index in [0.717, 1.165) is 28.6 Å². The van der Waals surface area contributed by atoms with Gasteiger partial charge in [0.1, 0.15) is 5.82 Å². The van der Waals surface area contributed by atoms with Crippen LogP contribution in [0.5, 0.6) is 0 Å². The molecule has 29 heavy (non-hydrogen) atoms. The summed E-state index contributed by atoms with van der Waals surface area (Å²) in [7, 11) is 0. The van der Waals surface area contributed by atoms with Gasteiger partial charge in [0, 0.05) is 11.1 Å². The van der Waals surface area contributed by atoms with Crippen LogP contribution >= 0.6 is 0 Å². The highest BCUT2D eigenvalue weighted by molar-refractivity contribution is 5.74. The van der Waals surface area contributed by atoms with Gasteiger partial charge in [0.2, 0.25) is 0 Å². The topological polar surface area (TPSA) is 38.7 Å². The van der Waals surface area contributed by atoms with Crippen LogP contribution in [0.25, 0.3) is 22.8 Å². The summed E-state index contributed by atoms with van der Waals surface area (Å²) in [5, 5.41) is 0. The van der Waals surface area contributed by atoms with Gasteiger partial charge in [-0.05, 0) is 132 Å². The number of nitrogens with zero attached hydrogens (tertiary/aromatic N) is 3. The molecule has 3 aromatic rings. The van der Waals surface area contributed by atoms with Crippen LogP contribution in [0.2, 0.25) is 0 Å². The van der Waals surface area contributed by atoms with Crippen LogP contribution in [-0.4, -0.2) is 15.0 Å². The Bertz CT molecular complexity index is 1010. The van der Waals surface area contributed by atoms with E-state index in [1.807, 2.05) is 6.92 Å². The van der Waals surface area contributed by atoms with Crippen molar-refractivity contribution in [2.75, 3.05) is 0 Å². The summed E-state index contributed by atoms with van der Waals surface area (Å²) < 4.78 is 0. The zero-order chi connectivity index (χ0) is 21.8. The predicted molar refractivity (Wildman–Crippen MR) is 123 cm³/mol. The van der Waals surface area contributed by atoms with E-state index in [4.69, 9.17) is 15.0 Å². The minimum absolute atomic E-state index is 0.759. The highest BCUT2D eigenvalue weighted by Crippen LogP contribution is 2.35. The summed E-state index contributed by atoms with van der Waals surface area (Å²) in [5.41, 5.74) is 15.3. The number of rotatable bonds is 2. The lowest BCUT2D eigenvalue weighted by atomic mass is 9.88. The number of benzene rings is 2. The summed E-state index contributed by atoms with van der Waals surface area (Å²) in [4.78, 5) is 14.5. The van der Waals surface area contributed by atoms with Crippen molar-refractivity contribution in [3.05, 3.63) is 61.5 Å². The molecule has 0 aliphatic rings. The van der Waals surface area contributed by atoms with E-state index >= 15 is 0 Å². The molecule has 3 nitrogen and oxygen atoms in total. The first-order valence-electron chi connectivity index (χ1n) is 10.3. The highest BCUT2D eigenvalue weighted by atomic mass is 15.0. The van der Waals surface area contributed by atoms with Crippen molar-refractivity contribution in [3.8, 4) is 22.8 Å². The van der Waals surface area contributed by atoms with Crippen LogP contribution in [0, 0.1) is 76.2 Å². The molecular weight excluding hydrogens is 354 g/mol. The second-order valence-electron chi connectivity index (χ2n) is 8.53. The fourth-order valence-electron chi connectivity index (χ4n) is 4.38. The van der Waals surface area contributed by atoms with Gasteiger partial charge in [-0.2, -0.15) is 0 Å². The fraction of sp³-hybridized carbons (Fsp3) is 0.423. The minimum atomic E-state index is 0.759. The van der Waals surface area contributed by atoms with Gasteiger partial charge in [-0.25, -0.2) is 15.0 Å². The Labute approximate surface area is 175 Å². The smallest absolute Gasteiger partial charge is 0.164 e. The lowest BCUT2D eigenvalue weighted by molar-refractivity contribution is 0.978.